The topological polar surface area (TPSA) is 68.5 Å². The van der Waals surface area contributed by atoms with E-state index in [1.807, 2.05) is 0 Å². The van der Waals surface area contributed by atoms with Crippen molar-refractivity contribution in [3.05, 3.63) is 40.0 Å². The highest BCUT2D eigenvalue weighted by Gasteiger charge is 2.31. The second kappa shape index (κ2) is 9.88. The highest BCUT2D eigenvalue weighted by Crippen LogP contribution is 2.33. The summed E-state index contributed by atoms with van der Waals surface area (Å²) in [5.41, 5.74) is -0.818. The van der Waals surface area contributed by atoms with E-state index in [0.717, 1.165) is 19.4 Å². The Labute approximate surface area is 154 Å². The maximum atomic E-state index is 12.5. The molecule has 0 bridgehead atoms. The van der Waals surface area contributed by atoms with Crippen LogP contribution in [0.25, 0.3) is 5.41 Å². The summed E-state index contributed by atoms with van der Waals surface area (Å²) < 4.78 is 42.6. The molecule has 0 fully saturated rings. The lowest BCUT2D eigenvalue weighted by Crippen LogP contribution is -2.37. The quantitative estimate of drug-likeness (QED) is 0.203. The molecule has 0 spiro atoms. The fourth-order valence-electron chi connectivity index (χ4n) is 1.69. The smallest absolute Gasteiger partial charge is 0.417 e. The first kappa shape index (κ1) is 21.6. The molecule has 1 aromatic rings. The Morgan fingerprint density at radius 2 is 2.20 bits per heavy atom. The number of halogens is 4. The van der Waals surface area contributed by atoms with Crippen LogP contribution in [-0.2, 0) is 6.18 Å². The second-order valence-corrected chi connectivity index (χ2v) is 6.05. The SMILES string of the molecule is CCCCNC(S)N/C(C)=C\C(=[N-])Oc1ncc(C(F)(F)F)cc1Cl. The van der Waals surface area contributed by atoms with Crippen molar-refractivity contribution in [2.75, 3.05) is 6.54 Å². The molecule has 0 saturated carbocycles. The normalized spacial score (nSPS) is 13.5. The second-order valence-electron chi connectivity index (χ2n) is 5.13. The summed E-state index contributed by atoms with van der Waals surface area (Å²) >= 11 is 9.98. The lowest BCUT2D eigenvalue weighted by Gasteiger charge is -2.18. The maximum absolute atomic E-state index is 12.5. The van der Waals surface area contributed by atoms with Crippen LogP contribution < -0.4 is 15.4 Å². The summed E-state index contributed by atoms with van der Waals surface area (Å²) in [6, 6.07) is 0.674. The Morgan fingerprint density at radius 1 is 1.52 bits per heavy atom. The molecule has 1 atom stereocenters. The third-order valence-corrected chi connectivity index (χ3v) is 3.49. The number of ether oxygens (including phenoxy) is 1. The lowest BCUT2D eigenvalue weighted by atomic mass is 10.3. The number of hydrogen-bond acceptors (Lipinski definition) is 5. The first-order valence-corrected chi connectivity index (χ1v) is 8.35. The van der Waals surface area contributed by atoms with Crippen LogP contribution in [-0.4, -0.2) is 22.9 Å². The molecule has 0 aliphatic rings. The summed E-state index contributed by atoms with van der Waals surface area (Å²) in [4.78, 5) is 3.47. The fourth-order valence-corrected chi connectivity index (χ4v) is 2.23. The third-order valence-electron chi connectivity index (χ3n) is 2.91. The Morgan fingerprint density at radius 3 is 2.76 bits per heavy atom. The lowest BCUT2D eigenvalue weighted by molar-refractivity contribution is -0.137. The number of allylic oxidation sites excluding steroid dienone is 1. The highest BCUT2D eigenvalue weighted by atomic mass is 35.5. The summed E-state index contributed by atoms with van der Waals surface area (Å²) in [7, 11) is 0. The number of thiol groups is 1. The molecule has 0 amide bonds. The van der Waals surface area contributed by atoms with Gasteiger partial charge in [0, 0.05) is 17.8 Å². The average molecular weight is 396 g/mol. The molecule has 1 aromatic heterocycles. The van der Waals surface area contributed by atoms with Gasteiger partial charge in [0.05, 0.1) is 5.56 Å². The molecule has 2 N–H and O–H groups in total. The number of nitrogens with zero attached hydrogens (tertiary/aromatic N) is 2. The van der Waals surface area contributed by atoms with Gasteiger partial charge in [0.15, 0.2) is 0 Å². The van der Waals surface area contributed by atoms with Crippen molar-refractivity contribution in [2.24, 2.45) is 0 Å². The summed E-state index contributed by atoms with van der Waals surface area (Å²) in [5.74, 6) is -0.909. The molecule has 0 radical (unpaired) electrons. The van der Waals surface area contributed by atoms with Crippen molar-refractivity contribution in [2.45, 2.75) is 38.4 Å². The molecule has 0 aromatic carbocycles. The van der Waals surface area contributed by atoms with E-state index in [0.29, 0.717) is 18.0 Å². The van der Waals surface area contributed by atoms with E-state index in [2.05, 4.69) is 35.2 Å². The molecule has 10 heteroatoms. The minimum Gasteiger partial charge on any atom is -0.771 e. The van der Waals surface area contributed by atoms with Gasteiger partial charge in [-0.1, -0.05) is 24.9 Å². The number of alkyl halides is 3. The van der Waals surface area contributed by atoms with Crippen molar-refractivity contribution in [1.29, 1.82) is 0 Å². The largest absolute Gasteiger partial charge is 0.771 e. The van der Waals surface area contributed by atoms with Crippen molar-refractivity contribution in [1.82, 2.24) is 15.6 Å². The summed E-state index contributed by atoms with van der Waals surface area (Å²) in [6.07, 6.45) is -0.704. The van der Waals surface area contributed by atoms with Gasteiger partial charge in [-0.3, -0.25) is 5.32 Å². The molecule has 140 valence electrons. The molecular weight excluding hydrogens is 377 g/mol. The first-order chi connectivity index (χ1) is 11.6. The van der Waals surface area contributed by atoms with E-state index in [9.17, 15) is 18.6 Å². The summed E-state index contributed by atoms with van der Waals surface area (Å²) in [5, 5.41) is 15.5. The average Bonchev–Trinajstić information content (AvgIpc) is 2.48. The van der Waals surface area contributed by atoms with Gasteiger partial charge in [-0.05, 0) is 32.0 Å². The van der Waals surface area contributed by atoms with Gasteiger partial charge in [0.25, 0.3) is 0 Å². The van der Waals surface area contributed by atoms with Crippen LogP contribution >= 0.6 is 24.2 Å². The van der Waals surface area contributed by atoms with E-state index >= 15 is 0 Å². The Balaban J connectivity index is 2.63. The van der Waals surface area contributed by atoms with Crippen LogP contribution in [0, 0.1) is 0 Å². The third kappa shape index (κ3) is 7.98. The number of rotatable bonds is 8. The number of hydrogen-bond donors (Lipinski definition) is 3. The van der Waals surface area contributed by atoms with Crippen molar-refractivity contribution in [3.8, 4) is 5.88 Å². The van der Waals surface area contributed by atoms with E-state index in [-0.39, 0.29) is 16.4 Å². The van der Waals surface area contributed by atoms with Gasteiger partial charge >= 0.3 is 6.18 Å². The van der Waals surface area contributed by atoms with Crippen LogP contribution in [0.15, 0.2) is 24.0 Å². The van der Waals surface area contributed by atoms with E-state index < -0.39 is 17.6 Å². The van der Waals surface area contributed by atoms with Crippen molar-refractivity contribution >= 4 is 30.1 Å². The molecule has 1 unspecified atom stereocenters. The molecule has 1 rings (SSSR count). The van der Waals surface area contributed by atoms with Gasteiger partial charge in [-0.25, -0.2) is 4.98 Å². The number of pyridine rings is 1. The van der Waals surface area contributed by atoms with Crippen LogP contribution in [0.5, 0.6) is 5.88 Å². The van der Waals surface area contributed by atoms with Gasteiger partial charge < -0.3 is 15.5 Å². The molecule has 0 aliphatic carbocycles. The van der Waals surface area contributed by atoms with E-state index in [1.54, 1.807) is 6.92 Å². The van der Waals surface area contributed by atoms with Crippen LogP contribution in [0.1, 0.15) is 32.3 Å². The first-order valence-electron chi connectivity index (χ1n) is 7.46. The van der Waals surface area contributed by atoms with E-state index in [1.165, 1.54) is 6.08 Å². The van der Waals surface area contributed by atoms with Crippen LogP contribution in [0.2, 0.25) is 5.02 Å². The van der Waals surface area contributed by atoms with Crippen LogP contribution in [0.3, 0.4) is 0 Å². The Kier molecular flexibility index (Phi) is 8.54. The molecule has 1 heterocycles. The predicted molar refractivity (Wildman–Crippen MR) is 95.8 cm³/mol. The molecule has 0 saturated heterocycles. The zero-order valence-corrected chi connectivity index (χ0v) is 15.3. The van der Waals surface area contributed by atoms with Gasteiger partial charge in [-0.2, -0.15) is 13.2 Å². The van der Waals surface area contributed by atoms with Crippen LogP contribution in [0.4, 0.5) is 13.2 Å². The molecular formula is C15H19ClF3N4OS-. The monoisotopic (exact) mass is 395 g/mol. The standard InChI is InChI=1S/C15H19ClF3N4OS/c1-3-4-5-21-14(25)23-9(2)6-12(20)24-13-11(16)7-10(8-22-13)15(17,18)19/h6-8,14,21,23,25H,3-5H2,1-2H3/q-1/b9-6-. The molecule has 0 aliphatic heterocycles. The minimum atomic E-state index is -4.56. The van der Waals surface area contributed by atoms with Crippen molar-refractivity contribution in [3.63, 3.8) is 0 Å². The number of nitrogens with one attached hydrogen (secondary N) is 2. The molecule has 25 heavy (non-hydrogen) atoms. The predicted octanol–water partition coefficient (Wildman–Crippen LogP) is 4.20. The minimum absolute atomic E-state index is 0.330. The maximum Gasteiger partial charge on any atom is 0.417 e. The van der Waals surface area contributed by atoms with Gasteiger partial charge in [-0.15, -0.1) is 12.6 Å². The summed E-state index contributed by atoms with van der Waals surface area (Å²) in [6.45, 7) is 4.51. The zero-order valence-electron chi connectivity index (χ0n) is 13.7. The number of aromatic nitrogens is 1. The number of unbranched alkanes of at least 4 members (excludes halogenated alkanes) is 1. The Bertz CT molecular complexity index is 625. The molecule has 5 nitrogen and oxygen atoms in total. The van der Waals surface area contributed by atoms with Gasteiger partial charge in [0.2, 0.25) is 5.88 Å². The van der Waals surface area contributed by atoms with E-state index in [4.69, 9.17) is 16.3 Å². The van der Waals surface area contributed by atoms with Gasteiger partial charge in [0.1, 0.15) is 10.5 Å². The highest BCUT2D eigenvalue weighted by molar-refractivity contribution is 7.80. The fraction of sp³-hybridized carbons (Fsp3) is 0.467. The van der Waals surface area contributed by atoms with Crippen molar-refractivity contribution < 1.29 is 17.9 Å². The Hall–Kier alpha value is -1.45. The zero-order chi connectivity index (χ0) is 19.0.